The van der Waals surface area contributed by atoms with Gasteiger partial charge in [0.25, 0.3) is 5.56 Å². The summed E-state index contributed by atoms with van der Waals surface area (Å²) in [5.41, 5.74) is 5.75. The number of anilines is 1. The molecule has 2 heterocycles. The number of halogens is 1. The van der Waals surface area contributed by atoms with E-state index in [0.29, 0.717) is 6.54 Å². The van der Waals surface area contributed by atoms with Crippen molar-refractivity contribution in [3.8, 4) is 0 Å². The molecule has 1 atom stereocenters. The molecule has 0 bridgehead atoms. The zero-order valence-electron chi connectivity index (χ0n) is 9.81. The van der Waals surface area contributed by atoms with Crippen molar-refractivity contribution in [2.75, 3.05) is 32.0 Å². The Hall–Kier alpha value is -1.36. The van der Waals surface area contributed by atoms with Crippen LogP contribution >= 0.6 is 0 Å². The third-order valence-corrected chi connectivity index (χ3v) is 3.28. The predicted molar refractivity (Wildman–Crippen MR) is 65.8 cm³/mol. The lowest BCUT2D eigenvalue weighted by molar-refractivity contribution is 0.164. The molecule has 0 amide bonds. The van der Waals surface area contributed by atoms with E-state index in [-0.39, 0.29) is 24.0 Å². The minimum Gasteiger partial charge on any atom is -0.394 e. The topological polar surface area (TPSA) is 51.3 Å². The zero-order valence-corrected chi connectivity index (χ0v) is 9.81. The van der Waals surface area contributed by atoms with Crippen LogP contribution in [-0.2, 0) is 0 Å². The monoisotopic (exact) mass is 239 g/mol. The van der Waals surface area contributed by atoms with E-state index in [0.717, 1.165) is 25.9 Å². The second-order valence-electron chi connectivity index (χ2n) is 4.46. The van der Waals surface area contributed by atoms with Crippen LogP contribution in [0.15, 0.2) is 23.1 Å². The molecule has 0 unspecified atom stereocenters. The fourth-order valence-electron chi connectivity index (χ4n) is 2.40. The number of nitrogen functional groups attached to an aromatic ring is 1. The van der Waals surface area contributed by atoms with Crippen LogP contribution in [0, 0.1) is 0 Å². The Morgan fingerprint density at radius 3 is 3.12 bits per heavy atom. The third-order valence-electron chi connectivity index (χ3n) is 3.28. The minimum absolute atomic E-state index is 0.117. The van der Waals surface area contributed by atoms with E-state index in [9.17, 15) is 9.18 Å². The summed E-state index contributed by atoms with van der Waals surface area (Å²) < 4.78 is 14.0. The van der Waals surface area contributed by atoms with Gasteiger partial charge < -0.3 is 10.3 Å². The highest BCUT2D eigenvalue weighted by atomic mass is 19.1. The Kier molecular flexibility index (Phi) is 3.78. The second-order valence-corrected chi connectivity index (χ2v) is 4.46. The largest absolute Gasteiger partial charge is 0.394 e. The van der Waals surface area contributed by atoms with Crippen molar-refractivity contribution in [1.29, 1.82) is 0 Å². The van der Waals surface area contributed by atoms with E-state index in [1.165, 1.54) is 0 Å². The average molecular weight is 239 g/mol. The smallest absolute Gasteiger partial charge is 0.273 e. The van der Waals surface area contributed by atoms with Gasteiger partial charge in [0.1, 0.15) is 6.67 Å². The van der Waals surface area contributed by atoms with Crippen LogP contribution in [-0.4, -0.2) is 35.8 Å². The molecule has 2 N–H and O–H groups in total. The van der Waals surface area contributed by atoms with E-state index in [1.54, 1.807) is 22.9 Å². The molecular formula is C12H18FN3O. The quantitative estimate of drug-likeness (QED) is 0.857. The molecule has 1 aromatic heterocycles. The van der Waals surface area contributed by atoms with Gasteiger partial charge in [-0.1, -0.05) is 0 Å². The number of rotatable bonds is 3. The minimum atomic E-state index is -0.335. The van der Waals surface area contributed by atoms with Crippen molar-refractivity contribution in [2.45, 2.75) is 18.9 Å². The van der Waals surface area contributed by atoms with Gasteiger partial charge in [-0.25, -0.2) is 4.39 Å². The maximum atomic E-state index is 12.3. The van der Waals surface area contributed by atoms with Gasteiger partial charge in [0.2, 0.25) is 0 Å². The maximum Gasteiger partial charge on any atom is 0.273 e. The van der Waals surface area contributed by atoms with Gasteiger partial charge in [-0.3, -0.25) is 9.69 Å². The standard InChI is InChI=1S/C12H18FN3O/c13-5-8-15-6-1-3-10(9-15)16-7-2-4-11(14)12(16)17/h2,4,7,10H,1,3,5-6,8-9,14H2/t10-/m1/s1. The van der Waals surface area contributed by atoms with Crippen LogP contribution in [0.2, 0.25) is 0 Å². The molecular weight excluding hydrogens is 221 g/mol. The van der Waals surface area contributed by atoms with Crippen molar-refractivity contribution >= 4 is 5.69 Å². The fraction of sp³-hybridized carbons (Fsp3) is 0.583. The Morgan fingerprint density at radius 2 is 2.35 bits per heavy atom. The highest BCUT2D eigenvalue weighted by Gasteiger charge is 2.21. The molecule has 0 aromatic carbocycles. The number of piperidine rings is 1. The Balaban J connectivity index is 2.16. The van der Waals surface area contributed by atoms with E-state index in [2.05, 4.69) is 4.90 Å². The van der Waals surface area contributed by atoms with Crippen LogP contribution in [0.3, 0.4) is 0 Å². The van der Waals surface area contributed by atoms with E-state index in [1.807, 2.05) is 0 Å². The highest BCUT2D eigenvalue weighted by Crippen LogP contribution is 2.20. The van der Waals surface area contributed by atoms with Crippen LogP contribution < -0.4 is 11.3 Å². The fourth-order valence-corrected chi connectivity index (χ4v) is 2.40. The SMILES string of the molecule is Nc1cccn([C@@H]2CCCN(CCF)C2)c1=O. The van der Waals surface area contributed by atoms with E-state index < -0.39 is 0 Å². The number of aromatic nitrogens is 1. The maximum absolute atomic E-state index is 12.3. The molecule has 0 aliphatic carbocycles. The van der Waals surface area contributed by atoms with Gasteiger partial charge in [-0.15, -0.1) is 0 Å². The summed E-state index contributed by atoms with van der Waals surface area (Å²) in [6.45, 7) is 1.76. The van der Waals surface area contributed by atoms with Gasteiger partial charge in [-0.2, -0.15) is 0 Å². The molecule has 2 rings (SSSR count). The van der Waals surface area contributed by atoms with Crippen molar-refractivity contribution < 1.29 is 4.39 Å². The average Bonchev–Trinajstić information content (AvgIpc) is 2.33. The van der Waals surface area contributed by atoms with Gasteiger partial charge in [0.15, 0.2) is 0 Å². The Bertz CT molecular complexity index is 430. The van der Waals surface area contributed by atoms with Gasteiger partial charge in [0.05, 0.1) is 5.69 Å². The Labute approximate surface area is 99.8 Å². The van der Waals surface area contributed by atoms with E-state index >= 15 is 0 Å². The second kappa shape index (κ2) is 5.31. The first-order chi connectivity index (χ1) is 8.22. The molecule has 1 saturated heterocycles. The summed E-state index contributed by atoms with van der Waals surface area (Å²) >= 11 is 0. The van der Waals surface area contributed by atoms with Crippen molar-refractivity contribution in [3.05, 3.63) is 28.7 Å². The van der Waals surface area contributed by atoms with Gasteiger partial charge in [0, 0.05) is 25.3 Å². The number of nitrogens with two attached hydrogens (primary N) is 1. The Morgan fingerprint density at radius 1 is 1.53 bits per heavy atom. The molecule has 1 aromatic rings. The molecule has 0 saturated carbocycles. The summed E-state index contributed by atoms with van der Waals surface area (Å²) in [6, 6.07) is 3.51. The van der Waals surface area contributed by atoms with E-state index in [4.69, 9.17) is 5.73 Å². The summed E-state index contributed by atoms with van der Waals surface area (Å²) in [5, 5.41) is 0. The van der Waals surface area contributed by atoms with Crippen LogP contribution in [0.25, 0.3) is 0 Å². The lowest BCUT2D eigenvalue weighted by Gasteiger charge is -2.33. The van der Waals surface area contributed by atoms with Crippen LogP contribution in [0.4, 0.5) is 10.1 Å². The van der Waals surface area contributed by atoms with Crippen molar-refractivity contribution in [2.24, 2.45) is 0 Å². The number of hydrogen-bond donors (Lipinski definition) is 1. The summed E-state index contributed by atoms with van der Waals surface area (Å²) in [4.78, 5) is 13.9. The molecule has 0 spiro atoms. The van der Waals surface area contributed by atoms with Crippen LogP contribution in [0.1, 0.15) is 18.9 Å². The molecule has 4 nitrogen and oxygen atoms in total. The first-order valence-corrected chi connectivity index (χ1v) is 5.97. The molecule has 5 heteroatoms. The number of pyridine rings is 1. The molecule has 17 heavy (non-hydrogen) atoms. The number of likely N-dealkylation sites (tertiary alicyclic amines) is 1. The predicted octanol–water partition coefficient (Wildman–Crippen LogP) is 1.04. The molecule has 0 radical (unpaired) electrons. The molecule has 1 aliphatic rings. The summed E-state index contributed by atoms with van der Waals surface area (Å²) in [5.74, 6) is 0. The van der Waals surface area contributed by atoms with Crippen molar-refractivity contribution in [1.82, 2.24) is 9.47 Å². The normalized spacial score (nSPS) is 21.6. The molecule has 1 aliphatic heterocycles. The lowest BCUT2D eigenvalue weighted by atomic mass is 10.1. The number of nitrogens with zero attached hydrogens (tertiary/aromatic N) is 2. The first-order valence-electron chi connectivity index (χ1n) is 5.97. The number of hydrogen-bond acceptors (Lipinski definition) is 3. The third kappa shape index (κ3) is 2.66. The lowest BCUT2D eigenvalue weighted by Crippen LogP contribution is -2.40. The van der Waals surface area contributed by atoms with Gasteiger partial charge in [-0.05, 0) is 31.5 Å². The van der Waals surface area contributed by atoms with Crippen LogP contribution in [0.5, 0.6) is 0 Å². The van der Waals surface area contributed by atoms with Gasteiger partial charge >= 0.3 is 0 Å². The first kappa shape index (κ1) is 12.1. The summed E-state index contributed by atoms with van der Waals surface area (Å²) in [7, 11) is 0. The van der Waals surface area contributed by atoms with Crippen molar-refractivity contribution in [3.63, 3.8) is 0 Å². The zero-order chi connectivity index (χ0) is 12.3. The molecule has 1 fully saturated rings. The summed E-state index contributed by atoms with van der Waals surface area (Å²) in [6.07, 6.45) is 3.71. The highest BCUT2D eigenvalue weighted by molar-refractivity contribution is 5.33. The number of alkyl halides is 1. The molecule has 94 valence electrons.